The molecule has 1 unspecified atom stereocenters. The second-order valence-corrected chi connectivity index (χ2v) is 3.87. The van der Waals surface area contributed by atoms with E-state index in [1.54, 1.807) is 0 Å². The Morgan fingerprint density at radius 2 is 2.11 bits per heavy atom. The van der Waals surface area contributed by atoms with Gasteiger partial charge in [0, 0.05) is 13.1 Å². The first-order valence-corrected chi connectivity index (χ1v) is 6.05. The topological polar surface area (TPSA) is 84.6 Å². The highest BCUT2D eigenvalue weighted by Gasteiger charge is 2.11. The zero-order valence-corrected chi connectivity index (χ0v) is 10.6. The Hall–Kier alpha value is -1.59. The summed E-state index contributed by atoms with van der Waals surface area (Å²) < 4.78 is 5.33. The fourth-order valence-corrected chi connectivity index (χ4v) is 1.47. The summed E-state index contributed by atoms with van der Waals surface area (Å²) in [5, 5.41) is 11.8. The summed E-state index contributed by atoms with van der Waals surface area (Å²) in [4.78, 5) is 11.2. The van der Waals surface area contributed by atoms with Crippen molar-refractivity contribution in [2.45, 2.75) is 19.4 Å². The number of nitrogens with one attached hydrogen (secondary N) is 1. The number of amides is 1. The summed E-state index contributed by atoms with van der Waals surface area (Å²) in [6.45, 7) is 3.00. The van der Waals surface area contributed by atoms with E-state index in [9.17, 15) is 4.79 Å². The van der Waals surface area contributed by atoms with Crippen LogP contribution >= 0.6 is 0 Å². The number of hydrogen-bond acceptors (Lipinski definition) is 4. The monoisotopic (exact) mass is 252 g/mol. The molecule has 100 valence electrons. The number of hydrogen-bond donors (Lipinski definition) is 3. The minimum atomic E-state index is -1.12. The van der Waals surface area contributed by atoms with Gasteiger partial charge >= 0.3 is 0 Å². The Balaban J connectivity index is 2.33. The summed E-state index contributed by atoms with van der Waals surface area (Å²) >= 11 is 0. The minimum absolute atomic E-state index is 0.0606. The van der Waals surface area contributed by atoms with Crippen molar-refractivity contribution >= 4 is 5.91 Å². The lowest BCUT2D eigenvalue weighted by Gasteiger charge is -2.09. The molecule has 0 radical (unpaired) electrons. The summed E-state index contributed by atoms with van der Waals surface area (Å²) in [6, 6.07) is 7.71. The van der Waals surface area contributed by atoms with Crippen LogP contribution in [0, 0.1) is 0 Å². The number of benzene rings is 1. The molecule has 5 nitrogen and oxygen atoms in total. The predicted molar refractivity (Wildman–Crippen MR) is 69.4 cm³/mol. The molecule has 0 aliphatic rings. The van der Waals surface area contributed by atoms with E-state index in [-0.39, 0.29) is 6.54 Å². The molecule has 18 heavy (non-hydrogen) atoms. The highest BCUT2D eigenvalue weighted by Crippen LogP contribution is 2.12. The largest absolute Gasteiger partial charge is 0.494 e. The van der Waals surface area contributed by atoms with E-state index in [2.05, 4.69) is 5.32 Å². The van der Waals surface area contributed by atoms with Crippen LogP contribution in [0.15, 0.2) is 24.3 Å². The standard InChI is InChI=1S/C13H20N2O3/c1-2-18-11-5-3-10(4-6-11)7-8-15-13(17)12(16)9-14/h3-6,12,16H,2,7-9,14H2,1H3,(H,15,17). The fraction of sp³-hybridized carbons (Fsp3) is 0.462. The molecule has 0 aliphatic heterocycles. The number of ether oxygens (including phenoxy) is 1. The Bertz CT molecular complexity index is 365. The maximum Gasteiger partial charge on any atom is 0.250 e. The van der Waals surface area contributed by atoms with E-state index in [1.807, 2.05) is 31.2 Å². The van der Waals surface area contributed by atoms with Gasteiger partial charge in [-0.15, -0.1) is 0 Å². The summed E-state index contributed by atoms with van der Waals surface area (Å²) in [7, 11) is 0. The Labute approximate surface area is 107 Å². The van der Waals surface area contributed by atoms with E-state index in [1.165, 1.54) is 0 Å². The molecule has 0 fully saturated rings. The second-order valence-electron chi connectivity index (χ2n) is 3.87. The first-order valence-electron chi connectivity index (χ1n) is 6.05. The first-order chi connectivity index (χ1) is 8.67. The number of carbonyl (C=O) groups excluding carboxylic acids is 1. The molecule has 1 aromatic rings. The first kappa shape index (κ1) is 14.5. The molecular weight excluding hydrogens is 232 g/mol. The van der Waals surface area contributed by atoms with E-state index in [0.717, 1.165) is 11.3 Å². The molecule has 0 spiro atoms. The Morgan fingerprint density at radius 3 is 2.67 bits per heavy atom. The number of aliphatic hydroxyl groups is 1. The minimum Gasteiger partial charge on any atom is -0.494 e. The van der Waals surface area contributed by atoms with Crippen molar-refractivity contribution in [3.8, 4) is 5.75 Å². The summed E-state index contributed by atoms with van der Waals surface area (Å²) in [6.07, 6.45) is -0.416. The van der Waals surface area contributed by atoms with Crippen LogP contribution < -0.4 is 15.8 Å². The molecule has 0 aliphatic carbocycles. The molecule has 0 heterocycles. The van der Waals surface area contributed by atoms with Gasteiger partial charge in [-0.1, -0.05) is 12.1 Å². The van der Waals surface area contributed by atoms with Crippen LogP contribution in [0.4, 0.5) is 0 Å². The molecule has 4 N–H and O–H groups in total. The lowest BCUT2D eigenvalue weighted by molar-refractivity contribution is -0.128. The Kier molecular flexibility index (Phi) is 6.18. The second kappa shape index (κ2) is 7.68. The van der Waals surface area contributed by atoms with E-state index in [0.29, 0.717) is 19.6 Å². The van der Waals surface area contributed by atoms with E-state index >= 15 is 0 Å². The molecule has 1 atom stereocenters. The van der Waals surface area contributed by atoms with Crippen LogP contribution in [0.5, 0.6) is 5.75 Å². The smallest absolute Gasteiger partial charge is 0.250 e. The molecule has 1 rings (SSSR count). The highest BCUT2D eigenvalue weighted by molar-refractivity contribution is 5.80. The van der Waals surface area contributed by atoms with Gasteiger partial charge in [-0.05, 0) is 31.0 Å². The van der Waals surface area contributed by atoms with Gasteiger partial charge in [0.15, 0.2) is 0 Å². The third kappa shape index (κ3) is 4.73. The molecule has 0 aromatic heterocycles. The lowest BCUT2D eigenvalue weighted by Crippen LogP contribution is -2.39. The van der Waals surface area contributed by atoms with Crippen LogP contribution in [0.3, 0.4) is 0 Å². The molecule has 0 saturated carbocycles. The SMILES string of the molecule is CCOc1ccc(CCNC(=O)C(O)CN)cc1. The van der Waals surface area contributed by atoms with Gasteiger partial charge in [0.1, 0.15) is 11.9 Å². The highest BCUT2D eigenvalue weighted by atomic mass is 16.5. The predicted octanol–water partition coefficient (Wildman–Crippen LogP) is 0.0636. The van der Waals surface area contributed by atoms with Gasteiger partial charge in [-0.25, -0.2) is 0 Å². The average Bonchev–Trinajstić information content (AvgIpc) is 2.40. The molecule has 0 bridgehead atoms. The van der Waals surface area contributed by atoms with Crippen molar-refractivity contribution in [3.05, 3.63) is 29.8 Å². The van der Waals surface area contributed by atoms with Gasteiger partial charge in [0.05, 0.1) is 6.61 Å². The van der Waals surface area contributed by atoms with Gasteiger partial charge in [-0.2, -0.15) is 0 Å². The summed E-state index contributed by atoms with van der Waals surface area (Å²) in [5.74, 6) is 0.410. The number of carbonyl (C=O) groups is 1. The van der Waals surface area contributed by atoms with Crippen molar-refractivity contribution in [1.29, 1.82) is 0 Å². The van der Waals surface area contributed by atoms with Gasteiger partial charge in [0.25, 0.3) is 0 Å². The van der Waals surface area contributed by atoms with Crippen molar-refractivity contribution in [3.63, 3.8) is 0 Å². The zero-order chi connectivity index (χ0) is 13.4. The lowest BCUT2D eigenvalue weighted by atomic mass is 10.1. The molecule has 0 saturated heterocycles. The normalized spacial score (nSPS) is 11.9. The molecule has 1 amide bonds. The van der Waals surface area contributed by atoms with Gasteiger partial charge < -0.3 is 20.9 Å². The quantitative estimate of drug-likeness (QED) is 0.641. The third-order valence-electron chi connectivity index (χ3n) is 2.47. The molecule has 5 heteroatoms. The summed E-state index contributed by atoms with van der Waals surface area (Å²) in [5.41, 5.74) is 6.27. The zero-order valence-electron chi connectivity index (χ0n) is 10.6. The van der Waals surface area contributed by atoms with Gasteiger partial charge in [0.2, 0.25) is 5.91 Å². The van der Waals surface area contributed by atoms with Gasteiger partial charge in [-0.3, -0.25) is 4.79 Å². The van der Waals surface area contributed by atoms with Crippen LogP contribution in [0.2, 0.25) is 0 Å². The van der Waals surface area contributed by atoms with Crippen LogP contribution in [0.1, 0.15) is 12.5 Å². The van der Waals surface area contributed by atoms with Crippen LogP contribution in [0.25, 0.3) is 0 Å². The molecular formula is C13H20N2O3. The maximum atomic E-state index is 11.2. The number of aliphatic hydroxyl groups excluding tert-OH is 1. The van der Waals surface area contributed by atoms with E-state index < -0.39 is 12.0 Å². The van der Waals surface area contributed by atoms with Crippen molar-refractivity contribution < 1.29 is 14.6 Å². The van der Waals surface area contributed by atoms with Crippen molar-refractivity contribution in [2.24, 2.45) is 5.73 Å². The van der Waals surface area contributed by atoms with Crippen LogP contribution in [-0.2, 0) is 11.2 Å². The van der Waals surface area contributed by atoms with E-state index in [4.69, 9.17) is 15.6 Å². The number of nitrogens with two attached hydrogens (primary N) is 1. The third-order valence-corrected chi connectivity index (χ3v) is 2.47. The average molecular weight is 252 g/mol. The van der Waals surface area contributed by atoms with Crippen molar-refractivity contribution in [2.75, 3.05) is 19.7 Å². The fourth-order valence-electron chi connectivity index (χ4n) is 1.47. The Morgan fingerprint density at radius 1 is 1.44 bits per heavy atom. The molecule has 1 aromatic carbocycles. The maximum absolute atomic E-state index is 11.2. The number of rotatable bonds is 7. The van der Waals surface area contributed by atoms with Crippen molar-refractivity contribution in [1.82, 2.24) is 5.32 Å². The van der Waals surface area contributed by atoms with Crippen LogP contribution in [-0.4, -0.2) is 36.8 Å².